The van der Waals surface area contributed by atoms with Crippen LogP contribution in [0.5, 0.6) is 11.5 Å². The topological polar surface area (TPSA) is 97.8 Å². The van der Waals surface area contributed by atoms with Crippen LogP contribution in [0.3, 0.4) is 0 Å². The van der Waals surface area contributed by atoms with Crippen molar-refractivity contribution in [2.75, 3.05) is 67.3 Å². The van der Waals surface area contributed by atoms with Gasteiger partial charge in [0.2, 0.25) is 5.91 Å². The second kappa shape index (κ2) is 17.7. The Labute approximate surface area is 244 Å². The molecule has 1 saturated heterocycles. The fourth-order valence-electron chi connectivity index (χ4n) is 5.12. The van der Waals surface area contributed by atoms with E-state index in [1.165, 1.54) is 0 Å². The predicted molar refractivity (Wildman–Crippen MR) is 158 cm³/mol. The van der Waals surface area contributed by atoms with Gasteiger partial charge in [-0.2, -0.15) is 0 Å². The van der Waals surface area contributed by atoms with Crippen LogP contribution in [0, 0.1) is 0 Å². The molecule has 41 heavy (non-hydrogen) atoms. The zero-order valence-corrected chi connectivity index (χ0v) is 24.8. The van der Waals surface area contributed by atoms with Crippen LogP contribution in [0.4, 0.5) is 0 Å². The number of hydrogen-bond donors (Lipinski definition) is 1. The fraction of sp³-hybridized carbons (Fsp3) is 0.562. The molecule has 1 heterocycles. The lowest BCUT2D eigenvalue weighted by Crippen LogP contribution is -2.50. The van der Waals surface area contributed by atoms with Crippen LogP contribution in [-0.2, 0) is 14.3 Å². The number of likely N-dealkylation sites (tertiary alicyclic amines) is 1. The summed E-state index contributed by atoms with van der Waals surface area (Å²) in [4.78, 5) is 30.3. The molecule has 226 valence electrons. The van der Waals surface area contributed by atoms with Crippen LogP contribution in [0.2, 0.25) is 0 Å². The van der Waals surface area contributed by atoms with E-state index in [1.807, 2.05) is 24.3 Å². The minimum atomic E-state index is -0.874. The van der Waals surface area contributed by atoms with E-state index >= 15 is 0 Å². The van der Waals surface area contributed by atoms with Crippen LogP contribution in [-0.4, -0.2) is 100.0 Å². The van der Waals surface area contributed by atoms with Crippen LogP contribution in [0.1, 0.15) is 60.6 Å². The number of amides is 1. The van der Waals surface area contributed by atoms with Gasteiger partial charge in [0.15, 0.2) is 5.78 Å². The van der Waals surface area contributed by atoms with Gasteiger partial charge in [-0.05, 0) is 80.7 Å². The number of nitrogens with zero attached hydrogens (tertiary/aromatic N) is 2. The van der Waals surface area contributed by atoms with Gasteiger partial charge >= 0.3 is 0 Å². The lowest BCUT2D eigenvalue weighted by atomic mass is 9.99. The molecule has 2 aromatic carbocycles. The third kappa shape index (κ3) is 10.4. The predicted octanol–water partition coefficient (Wildman–Crippen LogP) is 4.14. The highest BCUT2D eigenvalue weighted by atomic mass is 16.5. The minimum absolute atomic E-state index is 0.0401. The zero-order chi connectivity index (χ0) is 29.5. The average molecular weight is 571 g/mol. The van der Waals surface area contributed by atoms with Gasteiger partial charge in [-0.25, -0.2) is 0 Å². The summed E-state index contributed by atoms with van der Waals surface area (Å²) in [5.41, 5.74) is 1.37. The van der Waals surface area contributed by atoms with Gasteiger partial charge in [-0.1, -0.05) is 12.1 Å². The van der Waals surface area contributed by atoms with Crippen molar-refractivity contribution in [3.8, 4) is 11.5 Å². The Morgan fingerprint density at radius 2 is 1.49 bits per heavy atom. The number of methoxy groups -OCH3 is 3. The molecule has 0 radical (unpaired) electrons. The molecule has 1 N–H and O–H groups in total. The van der Waals surface area contributed by atoms with Gasteiger partial charge in [-0.3, -0.25) is 9.59 Å². The fourth-order valence-corrected chi connectivity index (χ4v) is 5.12. The summed E-state index contributed by atoms with van der Waals surface area (Å²) < 4.78 is 21.2. The van der Waals surface area contributed by atoms with Gasteiger partial charge in [-0.15, -0.1) is 0 Å². The normalized spacial score (nSPS) is 14.9. The van der Waals surface area contributed by atoms with E-state index < -0.39 is 12.1 Å². The Balaban J connectivity index is 1.65. The molecule has 1 aliphatic heterocycles. The molecule has 1 fully saturated rings. The Bertz CT molecular complexity index is 1040. The summed E-state index contributed by atoms with van der Waals surface area (Å²) in [5.74, 6) is 1.42. The first-order chi connectivity index (χ1) is 20.0. The molecule has 0 spiro atoms. The number of ketones is 1. The van der Waals surface area contributed by atoms with Crippen molar-refractivity contribution in [2.24, 2.45) is 0 Å². The van der Waals surface area contributed by atoms with Gasteiger partial charge < -0.3 is 33.9 Å². The van der Waals surface area contributed by atoms with Gasteiger partial charge in [0.25, 0.3) is 0 Å². The maximum Gasteiger partial charge on any atom is 0.223 e. The maximum atomic E-state index is 13.6. The molecule has 0 unspecified atom stereocenters. The number of rotatable bonds is 19. The third-order valence-electron chi connectivity index (χ3n) is 7.50. The molecule has 0 aliphatic carbocycles. The second-order valence-corrected chi connectivity index (χ2v) is 10.4. The van der Waals surface area contributed by atoms with Crippen LogP contribution in [0.25, 0.3) is 0 Å². The van der Waals surface area contributed by atoms with Crippen LogP contribution < -0.4 is 9.47 Å². The third-order valence-corrected chi connectivity index (χ3v) is 7.50. The van der Waals surface area contributed by atoms with E-state index in [4.69, 9.17) is 18.9 Å². The van der Waals surface area contributed by atoms with Gasteiger partial charge in [0, 0.05) is 45.7 Å². The number of aliphatic hydroxyl groups is 1. The quantitative estimate of drug-likeness (QED) is 0.199. The van der Waals surface area contributed by atoms with Crippen LogP contribution >= 0.6 is 0 Å². The molecule has 9 heteroatoms. The van der Waals surface area contributed by atoms with Crippen LogP contribution in [0.15, 0.2) is 48.5 Å². The highest BCUT2D eigenvalue weighted by Crippen LogP contribution is 2.26. The Hall–Kier alpha value is -2.98. The lowest BCUT2D eigenvalue weighted by Gasteiger charge is -2.37. The molecule has 2 atom stereocenters. The number of benzene rings is 2. The zero-order valence-electron chi connectivity index (χ0n) is 24.8. The Morgan fingerprint density at radius 1 is 0.854 bits per heavy atom. The molecule has 1 aliphatic rings. The number of aliphatic hydroxyl groups excluding tert-OH is 1. The molecule has 9 nitrogen and oxygen atoms in total. The van der Waals surface area contributed by atoms with Gasteiger partial charge in [0.1, 0.15) is 24.2 Å². The number of carbonyl (C=O) groups is 2. The van der Waals surface area contributed by atoms with E-state index in [1.54, 1.807) is 50.5 Å². The molecule has 3 rings (SSSR count). The number of carbonyl (C=O) groups excluding carboxylic acids is 2. The van der Waals surface area contributed by atoms with Crippen molar-refractivity contribution in [3.63, 3.8) is 0 Å². The van der Waals surface area contributed by atoms with E-state index in [0.29, 0.717) is 75.7 Å². The average Bonchev–Trinajstić information content (AvgIpc) is 3.52. The molecule has 0 aromatic heterocycles. The number of hydrogen-bond acceptors (Lipinski definition) is 8. The minimum Gasteiger partial charge on any atom is -0.497 e. The Morgan fingerprint density at radius 3 is 2.12 bits per heavy atom. The summed E-state index contributed by atoms with van der Waals surface area (Å²) in [7, 11) is 4.83. The van der Waals surface area contributed by atoms with Gasteiger partial charge in [0.05, 0.1) is 26.4 Å². The molecule has 0 saturated carbocycles. The number of Topliss-reactive ketones (excluding diaryl/α,β-unsaturated/α-hetero) is 1. The number of ether oxygens (including phenoxy) is 4. The van der Waals surface area contributed by atoms with E-state index in [0.717, 1.165) is 31.5 Å². The van der Waals surface area contributed by atoms with Crippen molar-refractivity contribution in [1.29, 1.82) is 0 Å². The summed E-state index contributed by atoms with van der Waals surface area (Å²) >= 11 is 0. The van der Waals surface area contributed by atoms with E-state index in [2.05, 4.69) is 4.90 Å². The molecular weight excluding hydrogens is 524 g/mol. The van der Waals surface area contributed by atoms with Crippen molar-refractivity contribution in [3.05, 3.63) is 59.7 Å². The Kier molecular flexibility index (Phi) is 14.1. The highest BCUT2D eigenvalue weighted by Gasteiger charge is 2.33. The summed E-state index contributed by atoms with van der Waals surface area (Å²) in [5, 5.41) is 11.6. The monoisotopic (exact) mass is 570 g/mol. The lowest BCUT2D eigenvalue weighted by molar-refractivity contribution is -0.138. The molecule has 1 amide bonds. The van der Waals surface area contributed by atoms with Crippen molar-refractivity contribution >= 4 is 11.7 Å². The summed E-state index contributed by atoms with van der Waals surface area (Å²) in [6, 6.07) is 14.0. The first-order valence-electron chi connectivity index (χ1n) is 14.5. The molecule has 2 aromatic rings. The largest absolute Gasteiger partial charge is 0.497 e. The van der Waals surface area contributed by atoms with Crippen molar-refractivity contribution < 1.29 is 33.6 Å². The van der Waals surface area contributed by atoms with E-state index in [-0.39, 0.29) is 11.7 Å². The smallest absolute Gasteiger partial charge is 0.223 e. The standard InChI is InChI=1S/C32H46N2O7/c1-38-21-20-34(31(36)9-5-4-8-30(35)25-10-14-27(40-3)15-11-25)29(24-33-18-6-7-19-33)32(37)26-12-16-28(17-13-26)41-23-22-39-2/h10-17,29,32,37H,4-9,18-24H2,1-3H3/t29-,32-/m1/s1. The van der Waals surface area contributed by atoms with Crippen molar-refractivity contribution in [2.45, 2.75) is 50.7 Å². The molecular formula is C32H46N2O7. The second-order valence-electron chi connectivity index (χ2n) is 10.4. The first-order valence-corrected chi connectivity index (χ1v) is 14.5. The number of unbranched alkanes of at least 4 members (excludes halogenated alkanes) is 1. The van der Waals surface area contributed by atoms with E-state index in [9.17, 15) is 14.7 Å². The molecule has 0 bridgehead atoms. The van der Waals surface area contributed by atoms with Crippen molar-refractivity contribution in [1.82, 2.24) is 9.80 Å². The summed E-state index contributed by atoms with van der Waals surface area (Å²) in [6.45, 7) is 4.18. The SMILES string of the molecule is COCCOc1ccc([C@@H](O)[C@@H](CN2CCCC2)N(CCOC)C(=O)CCCCC(=O)c2ccc(OC)cc2)cc1. The maximum absolute atomic E-state index is 13.6. The highest BCUT2D eigenvalue weighted by molar-refractivity contribution is 5.96. The summed E-state index contributed by atoms with van der Waals surface area (Å²) in [6.07, 6.45) is 3.23. The first kappa shape index (κ1) is 32.5.